The number of methoxy groups -OCH3 is 1. The molecule has 0 bridgehead atoms. The number of hydrogen-bond acceptors (Lipinski definition) is 9. The Balaban J connectivity index is 1.17. The highest BCUT2D eigenvalue weighted by Gasteiger charge is 2.30. The zero-order valence-electron chi connectivity index (χ0n) is 24.1. The molecule has 1 atom stereocenters. The van der Waals surface area contributed by atoms with Crippen molar-refractivity contribution in [1.82, 2.24) is 19.9 Å². The number of fused-ring (bicyclic) bond motifs is 4. The first-order chi connectivity index (χ1) is 21.4. The lowest BCUT2D eigenvalue weighted by molar-refractivity contribution is 0.0961. The zero-order valence-corrected chi connectivity index (χ0v) is 25.0. The van der Waals surface area contributed by atoms with Crippen LogP contribution in [-0.2, 0) is 0 Å². The van der Waals surface area contributed by atoms with E-state index < -0.39 is 12.2 Å². The van der Waals surface area contributed by atoms with Gasteiger partial charge in [-0.05, 0) is 55.3 Å². The molecule has 11 heteroatoms. The molecule has 3 aromatic carbocycles. The first-order valence-electron chi connectivity index (χ1n) is 13.9. The van der Waals surface area contributed by atoms with E-state index >= 15 is 0 Å². The number of carboxylic acid groups (broad SMARTS) is 1. The van der Waals surface area contributed by atoms with Gasteiger partial charge >= 0.3 is 6.09 Å². The van der Waals surface area contributed by atoms with Crippen molar-refractivity contribution >= 4 is 44.4 Å². The highest BCUT2D eigenvalue weighted by Crippen LogP contribution is 2.46. The number of pyridine rings is 1. The van der Waals surface area contributed by atoms with E-state index in [4.69, 9.17) is 19.2 Å². The normalized spacial score (nSPS) is 14.1. The minimum absolute atomic E-state index is 0.0730. The molecule has 0 saturated heterocycles. The average molecular weight is 606 g/mol. The van der Waals surface area contributed by atoms with Crippen molar-refractivity contribution in [1.29, 1.82) is 0 Å². The number of aryl methyl sites for hydroxylation is 2. The van der Waals surface area contributed by atoms with Crippen molar-refractivity contribution in [3.05, 3.63) is 84.2 Å². The van der Waals surface area contributed by atoms with Gasteiger partial charge in [0.1, 0.15) is 16.3 Å². The van der Waals surface area contributed by atoms with Crippen LogP contribution in [-0.4, -0.2) is 57.5 Å². The van der Waals surface area contributed by atoms with Gasteiger partial charge in [0, 0.05) is 11.1 Å². The Morgan fingerprint density at radius 3 is 2.64 bits per heavy atom. The summed E-state index contributed by atoms with van der Waals surface area (Å²) in [5, 5.41) is 10.8. The van der Waals surface area contributed by atoms with Crippen LogP contribution in [0.15, 0.2) is 73.1 Å². The van der Waals surface area contributed by atoms with Crippen LogP contribution < -0.4 is 19.1 Å². The van der Waals surface area contributed by atoms with Gasteiger partial charge in [0.2, 0.25) is 5.88 Å². The molecule has 44 heavy (non-hydrogen) atoms. The van der Waals surface area contributed by atoms with Crippen LogP contribution in [0, 0.1) is 13.8 Å². The van der Waals surface area contributed by atoms with Gasteiger partial charge in [0.25, 0.3) is 0 Å². The van der Waals surface area contributed by atoms with E-state index in [0.29, 0.717) is 23.1 Å². The van der Waals surface area contributed by atoms with Crippen LogP contribution >= 0.6 is 11.3 Å². The van der Waals surface area contributed by atoms with Gasteiger partial charge < -0.3 is 19.3 Å². The fourth-order valence-corrected chi connectivity index (χ4v) is 6.49. The predicted molar refractivity (Wildman–Crippen MR) is 169 cm³/mol. The second-order valence-corrected chi connectivity index (χ2v) is 11.5. The molecule has 10 nitrogen and oxygen atoms in total. The fourth-order valence-electron chi connectivity index (χ4n) is 5.34. The third kappa shape index (κ3) is 5.01. The van der Waals surface area contributed by atoms with Gasteiger partial charge in [-0.15, -0.1) is 11.3 Å². The third-order valence-electron chi connectivity index (χ3n) is 7.44. The van der Waals surface area contributed by atoms with Crippen LogP contribution in [0.4, 0.5) is 10.5 Å². The van der Waals surface area contributed by atoms with Gasteiger partial charge in [-0.1, -0.05) is 30.3 Å². The largest absolute Gasteiger partial charge is 0.484 e. The third-order valence-corrected chi connectivity index (χ3v) is 8.53. The summed E-state index contributed by atoms with van der Waals surface area (Å²) in [6.45, 7) is 4.23. The lowest BCUT2D eigenvalue weighted by Gasteiger charge is -2.30. The molecular formula is C33H27N5O5S. The SMILES string of the molecule is COc1cnc2c(-c3nc4c(C)cc5c(c4s3)OCC(CN(C(=O)O)c3ccc(-c4ccccc4)nc3)O5)cc(C)cc2n1. The van der Waals surface area contributed by atoms with Gasteiger partial charge in [-0.25, -0.2) is 19.7 Å². The topological polar surface area (TPSA) is 120 Å². The predicted octanol–water partition coefficient (Wildman–Crippen LogP) is 6.92. The number of benzene rings is 3. The monoisotopic (exact) mass is 605 g/mol. The smallest absolute Gasteiger partial charge is 0.411 e. The van der Waals surface area contributed by atoms with E-state index in [1.54, 1.807) is 25.6 Å². The molecule has 1 unspecified atom stereocenters. The minimum atomic E-state index is -1.10. The molecule has 0 fully saturated rings. The van der Waals surface area contributed by atoms with E-state index in [-0.39, 0.29) is 13.2 Å². The molecule has 1 amide bonds. The molecule has 1 aliphatic rings. The number of nitrogens with zero attached hydrogens (tertiary/aromatic N) is 5. The molecule has 3 aromatic heterocycles. The van der Waals surface area contributed by atoms with E-state index in [0.717, 1.165) is 54.2 Å². The fraction of sp³-hybridized carbons (Fsp3) is 0.182. The number of hydrogen-bond donors (Lipinski definition) is 1. The summed E-state index contributed by atoms with van der Waals surface area (Å²) in [4.78, 5) is 32.1. The van der Waals surface area contributed by atoms with Crippen LogP contribution in [0.3, 0.4) is 0 Å². The van der Waals surface area contributed by atoms with E-state index in [9.17, 15) is 9.90 Å². The first kappa shape index (κ1) is 27.5. The number of aromatic nitrogens is 4. The lowest BCUT2D eigenvalue weighted by Crippen LogP contribution is -2.43. The summed E-state index contributed by atoms with van der Waals surface area (Å²) in [5.74, 6) is 1.61. The lowest BCUT2D eigenvalue weighted by atomic mass is 10.1. The Morgan fingerprint density at radius 2 is 1.89 bits per heavy atom. The number of amides is 1. The molecule has 7 rings (SSSR count). The number of carbonyl (C=O) groups is 1. The molecule has 4 heterocycles. The maximum Gasteiger partial charge on any atom is 0.411 e. The summed E-state index contributed by atoms with van der Waals surface area (Å²) in [5.41, 5.74) is 7.29. The van der Waals surface area contributed by atoms with E-state index in [1.807, 2.05) is 62.4 Å². The highest BCUT2D eigenvalue weighted by molar-refractivity contribution is 7.22. The minimum Gasteiger partial charge on any atom is -0.484 e. The maximum absolute atomic E-state index is 12.3. The van der Waals surface area contributed by atoms with Crippen molar-refractivity contribution in [3.8, 4) is 39.2 Å². The highest BCUT2D eigenvalue weighted by atomic mass is 32.1. The summed E-state index contributed by atoms with van der Waals surface area (Å²) in [6, 6.07) is 19.2. The zero-order chi connectivity index (χ0) is 30.4. The van der Waals surface area contributed by atoms with E-state index in [2.05, 4.69) is 21.0 Å². The quantitative estimate of drug-likeness (QED) is 0.216. The van der Waals surface area contributed by atoms with Gasteiger partial charge in [0.15, 0.2) is 17.6 Å². The number of anilines is 1. The maximum atomic E-state index is 12.3. The van der Waals surface area contributed by atoms with Crippen molar-refractivity contribution < 1.29 is 24.1 Å². The summed E-state index contributed by atoms with van der Waals surface area (Å²) in [7, 11) is 1.57. The molecule has 6 aromatic rings. The van der Waals surface area contributed by atoms with Gasteiger partial charge in [-0.3, -0.25) is 9.88 Å². The molecule has 0 radical (unpaired) electrons. The second kappa shape index (κ2) is 11.1. The molecule has 1 aliphatic heterocycles. The Hall–Kier alpha value is -5.29. The van der Waals surface area contributed by atoms with Crippen molar-refractivity contribution in [2.75, 3.05) is 25.2 Å². The summed E-state index contributed by atoms with van der Waals surface area (Å²) >= 11 is 1.50. The molecule has 0 saturated carbocycles. The van der Waals surface area contributed by atoms with E-state index in [1.165, 1.54) is 16.2 Å². The summed E-state index contributed by atoms with van der Waals surface area (Å²) in [6.07, 6.45) is 1.55. The number of thiazole rings is 1. The molecule has 0 spiro atoms. The van der Waals surface area contributed by atoms with Crippen molar-refractivity contribution in [2.24, 2.45) is 0 Å². The first-order valence-corrected chi connectivity index (χ1v) is 14.8. The molecule has 1 N–H and O–H groups in total. The standard InChI is InChI=1S/C33H27N5O5S/c1-18-11-23(29-25(12-18)36-27(41-3)15-35-29)32-37-28-19(2)13-26-30(31(28)44-32)42-17-22(43-26)16-38(33(39)40)21-9-10-24(34-14-21)20-7-5-4-6-8-20/h4-15,22H,16-17H2,1-3H3,(H,39,40). The second-order valence-electron chi connectivity index (χ2n) is 10.5. The van der Waals surface area contributed by atoms with Crippen molar-refractivity contribution in [3.63, 3.8) is 0 Å². The van der Waals surface area contributed by atoms with Crippen LogP contribution in [0.1, 0.15) is 11.1 Å². The number of ether oxygens (including phenoxy) is 3. The average Bonchev–Trinajstić information content (AvgIpc) is 3.50. The van der Waals surface area contributed by atoms with Crippen LogP contribution in [0.5, 0.6) is 17.4 Å². The molecule has 0 aliphatic carbocycles. The van der Waals surface area contributed by atoms with Crippen LogP contribution in [0.2, 0.25) is 0 Å². The summed E-state index contributed by atoms with van der Waals surface area (Å²) < 4.78 is 18.7. The van der Waals surface area contributed by atoms with Gasteiger partial charge in [0.05, 0.1) is 54.0 Å². The van der Waals surface area contributed by atoms with Gasteiger partial charge in [-0.2, -0.15) is 0 Å². The Bertz CT molecular complexity index is 2030. The Morgan fingerprint density at radius 1 is 1.05 bits per heavy atom. The van der Waals surface area contributed by atoms with Crippen LogP contribution in [0.25, 0.3) is 43.1 Å². The van der Waals surface area contributed by atoms with Crippen molar-refractivity contribution in [2.45, 2.75) is 20.0 Å². The number of rotatable bonds is 6. The Kier molecular flexibility index (Phi) is 6.94. The molecule has 220 valence electrons. The Labute approximate surface area is 256 Å². The molecular weight excluding hydrogens is 578 g/mol.